The Balaban J connectivity index is 1.15. The van der Waals surface area contributed by atoms with Gasteiger partial charge in [0.05, 0.1) is 0 Å². The smallest absolute Gasteiger partial charge is 0.0261 e. The van der Waals surface area contributed by atoms with Gasteiger partial charge in [0, 0.05) is 77.9 Å². The van der Waals surface area contributed by atoms with Crippen LogP contribution in [0.2, 0.25) is 0 Å². The first-order chi connectivity index (χ1) is 27.6. The Bertz CT molecular complexity index is 2360. The third kappa shape index (κ3) is 9.66. The fourth-order valence-corrected chi connectivity index (χ4v) is 5.73. The Morgan fingerprint density at radius 3 is 0.321 bits per heavy atom. The van der Waals surface area contributed by atoms with E-state index in [2.05, 4.69) is 82.9 Å². The summed E-state index contributed by atoms with van der Waals surface area (Å²) in [5.74, 6) is 46.1. The first-order valence-electron chi connectivity index (χ1n) is 18.0. The third-order valence-corrected chi connectivity index (χ3v) is 8.50. The molecule has 1 aliphatic carbocycles. The van der Waals surface area contributed by atoms with Crippen LogP contribution in [0.1, 0.15) is 77.9 Å². The van der Waals surface area contributed by atoms with Crippen molar-refractivity contribution in [2.24, 2.45) is 0 Å². The summed E-state index contributed by atoms with van der Waals surface area (Å²) < 4.78 is 0. The monoisotopic (exact) mass is 700 g/mol. The molecule has 14 bridgehead atoms. The predicted molar refractivity (Wildman–Crippen MR) is 227 cm³/mol. The number of hydrogen-bond donors (Lipinski definition) is 0. The Hall–Kier alpha value is -8.54. The van der Waals surface area contributed by atoms with Gasteiger partial charge in [0.25, 0.3) is 0 Å². The minimum Gasteiger partial charge on any atom is -0.0616 e. The molecule has 0 saturated carbocycles. The number of rotatable bonds is 0. The van der Waals surface area contributed by atoms with Gasteiger partial charge >= 0.3 is 0 Å². The van der Waals surface area contributed by atoms with Crippen LogP contribution in [0.4, 0.5) is 0 Å². The molecule has 8 rings (SSSR count). The molecule has 7 aromatic rings. The summed E-state index contributed by atoms with van der Waals surface area (Å²) in [7, 11) is 0. The second-order valence-corrected chi connectivity index (χ2v) is 12.8. The van der Waals surface area contributed by atoms with Gasteiger partial charge in [-0.25, -0.2) is 0 Å². The standard InChI is InChI=1S/C56H28/c1-8-43-22-24-45-10-2-12-47(37-45)26-28-49-14-4-16-51(39-49)30-32-53-18-6-20-55(41-53)34-35-56-21-7-19-54(42-56)33-31-52-17-5-15-50(40-52)29-27-48-13-3-11-46(38-48)25-23-44(9-1)36-43/h1-21,36-42H. The average molecular weight is 701 g/mol. The molecular formula is C56H28. The van der Waals surface area contributed by atoms with Crippen molar-refractivity contribution in [2.45, 2.75) is 0 Å². The maximum absolute atomic E-state index is 3.29. The van der Waals surface area contributed by atoms with Crippen LogP contribution in [0.3, 0.4) is 0 Å². The Kier molecular flexibility index (Phi) is 10.4. The van der Waals surface area contributed by atoms with E-state index in [9.17, 15) is 0 Å². The van der Waals surface area contributed by atoms with E-state index >= 15 is 0 Å². The summed E-state index contributed by atoms with van der Waals surface area (Å²) in [4.78, 5) is 0. The SMILES string of the molecule is C1#Cc2cccc(c2)C#Cc2cccc(c2)C#Cc2cccc(c2)C#Cc2cccc(c2)C#Cc2cccc(c2)C#Cc2cccc(c2)C#Cc2cccc1c2. The molecule has 56 heavy (non-hydrogen) atoms. The molecular weight excluding hydrogens is 673 g/mol. The highest BCUT2D eigenvalue weighted by atomic mass is 14.0. The predicted octanol–water partition coefficient (Wildman–Crippen LogP) is 9.80. The van der Waals surface area contributed by atoms with Crippen LogP contribution in [-0.4, -0.2) is 0 Å². The Labute approximate surface area is 329 Å². The van der Waals surface area contributed by atoms with Gasteiger partial charge in [0.15, 0.2) is 0 Å². The molecule has 0 atom stereocenters. The van der Waals surface area contributed by atoms with Gasteiger partial charge in [-0.1, -0.05) is 125 Å². The highest BCUT2D eigenvalue weighted by Gasteiger charge is 1.98. The molecule has 0 radical (unpaired) electrons. The fraction of sp³-hybridized carbons (Fsp3) is 0. The zero-order valence-electron chi connectivity index (χ0n) is 30.2. The van der Waals surface area contributed by atoms with Gasteiger partial charge in [-0.05, 0) is 127 Å². The molecule has 0 amide bonds. The second kappa shape index (κ2) is 16.9. The Morgan fingerprint density at radius 2 is 0.232 bits per heavy atom. The van der Waals surface area contributed by atoms with E-state index in [0.717, 1.165) is 77.9 Å². The molecule has 252 valence electrons. The summed E-state index contributed by atoms with van der Waals surface area (Å²) in [6.07, 6.45) is 0. The van der Waals surface area contributed by atoms with E-state index in [4.69, 9.17) is 0 Å². The quantitative estimate of drug-likeness (QED) is 0.138. The highest BCUT2D eigenvalue weighted by molar-refractivity contribution is 5.56. The van der Waals surface area contributed by atoms with Crippen molar-refractivity contribution >= 4 is 0 Å². The molecule has 1 aliphatic rings. The van der Waals surface area contributed by atoms with Gasteiger partial charge in [0.2, 0.25) is 0 Å². The molecule has 0 saturated heterocycles. The van der Waals surface area contributed by atoms with E-state index in [1.165, 1.54) is 0 Å². The third-order valence-electron chi connectivity index (χ3n) is 8.50. The zero-order valence-corrected chi connectivity index (χ0v) is 30.2. The van der Waals surface area contributed by atoms with Gasteiger partial charge in [-0.15, -0.1) is 0 Å². The van der Waals surface area contributed by atoms with Crippen molar-refractivity contribution < 1.29 is 0 Å². The molecule has 0 nitrogen and oxygen atoms in total. The lowest BCUT2D eigenvalue weighted by Crippen LogP contribution is -1.83. The van der Waals surface area contributed by atoms with Crippen molar-refractivity contribution in [3.05, 3.63) is 248 Å². The lowest BCUT2D eigenvalue weighted by Gasteiger charge is -1.96. The summed E-state index contributed by atoms with van der Waals surface area (Å²) in [6, 6.07) is 55.8. The molecule has 0 heterocycles. The van der Waals surface area contributed by atoms with Crippen molar-refractivity contribution in [3.8, 4) is 82.9 Å². The van der Waals surface area contributed by atoms with Crippen LogP contribution in [0, 0.1) is 82.9 Å². The van der Waals surface area contributed by atoms with E-state index in [1.807, 2.05) is 170 Å². The lowest BCUT2D eigenvalue weighted by molar-refractivity contribution is 1.56. The molecule has 7 aromatic carbocycles. The number of hydrogen-bond acceptors (Lipinski definition) is 0. The van der Waals surface area contributed by atoms with Gasteiger partial charge in [-0.3, -0.25) is 0 Å². The van der Waals surface area contributed by atoms with Crippen LogP contribution in [0.5, 0.6) is 0 Å². The van der Waals surface area contributed by atoms with Crippen LogP contribution in [0.25, 0.3) is 0 Å². The highest BCUT2D eigenvalue weighted by Crippen LogP contribution is 2.11. The summed E-state index contributed by atoms with van der Waals surface area (Å²) in [5, 5.41) is 0. The zero-order chi connectivity index (χ0) is 37.8. The van der Waals surface area contributed by atoms with Crippen molar-refractivity contribution in [2.75, 3.05) is 0 Å². The molecule has 0 fully saturated rings. The van der Waals surface area contributed by atoms with Gasteiger partial charge < -0.3 is 0 Å². The van der Waals surface area contributed by atoms with Crippen molar-refractivity contribution in [1.29, 1.82) is 0 Å². The van der Waals surface area contributed by atoms with Crippen molar-refractivity contribution in [3.63, 3.8) is 0 Å². The normalized spacial score (nSPS) is 10.5. The van der Waals surface area contributed by atoms with E-state index in [0.29, 0.717) is 0 Å². The molecule has 0 spiro atoms. The lowest BCUT2D eigenvalue weighted by atomic mass is 10.1. The summed E-state index contributed by atoms with van der Waals surface area (Å²) >= 11 is 0. The summed E-state index contributed by atoms with van der Waals surface area (Å²) in [5.41, 5.74) is 12.4. The minimum atomic E-state index is 0.888. The molecule has 0 aliphatic heterocycles. The largest absolute Gasteiger partial charge is 0.0616 e. The molecule has 0 aromatic heterocycles. The summed E-state index contributed by atoms with van der Waals surface area (Å²) in [6.45, 7) is 0. The second-order valence-electron chi connectivity index (χ2n) is 12.8. The molecule has 0 N–H and O–H groups in total. The number of fused-ring (bicyclic) bond motifs is 14. The maximum Gasteiger partial charge on any atom is 0.0261 e. The first kappa shape index (κ1) is 34.5. The fourth-order valence-electron chi connectivity index (χ4n) is 5.73. The average Bonchev–Trinajstić information content (AvgIpc) is 3.25. The maximum atomic E-state index is 3.29. The van der Waals surface area contributed by atoms with Gasteiger partial charge in [0.1, 0.15) is 0 Å². The van der Waals surface area contributed by atoms with Crippen LogP contribution in [0.15, 0.2) is 170 Å². The number of benzene rings is 7. The van der Waals surface area contributed by atoms with Crippen molar-refractivity contribution in [1.82, 2.24) is 0 Å². The van der Waals surface area contributed by atoms with Gasteiger partial charge in [-0.2, -0.15) is 0 Å². The van der Waals surface area contributed by atoms with E-state index in [-0.39, 0.29) is 0 Å². The first-order valence-corrected chi connectivity index (χ1v) is 18.0. The molecule has 0 heteroatoms. The molecule has 0 unspecified atom stereocenters. The van der Waals surface area contributed by atoms with E-state index in [1.54, 1.807) is 0 Å². The minimum absolute atomic E-state index is 0.888. The Morgan fingerprint density at radius 1 is 0.143 bits per heavy atom. The van der Waals surface area contributed by atoms with Crippen LogP contribution < -0.4 is 0 Å². The van der Waals surface area contributed by atoms with E-state index < -0.39 is 0 Å². The van der Waals surface area contributed by atoms with Crippen LogP contribution in [-0.2, 0) is 0 Å². The van der Waals surface area contributed by atoms with Crippen LogP contribution >= 0.6 is 0 Å². The topological polar surface area (TPSA) is 0 Å².